The Balaban J connectivity index is 2.22. The smallest absolute Gasteiger partial charge is 0.242 e. The highest BCUT2D eigenvalue weighted by Gasteiger charge is 2.31. The van der Waals surface area contributed by atoms with E-state index in [1.54, 1.807) is 16.7 Å². The van der Waals surface area contributed by atoms with Crippen LogP contribution >= 0.6 is 35.0 Å². The molecule has 0 radical (unpaired) electrons. The van der Waals surface area contributed by atoms with Gasteiger partial charge >= 0.3 is 0 Å². The first-order valence-corrected chi connectivity index (χ1v) is 11.8. The molecule has 1 aliphatic heterocycles. The molecule has 144 valence electrons. The highest BCUT2D eigenvalue weighted by atomic mass is 35.5. The van der Waals surface area contributed by atoms with E-state index in [2.05, 4.69) is 11.3 Å². The van der Waals surface area contributed by atoms with Crippen LogP contribution in [-0.2, 0) is 14.8 Å². The number of thioether (sulfide) groups is 1. The standard InChI is InChI=1S/C17H22Cl2N2O3S2/c1-12-5-8-21(9-6-12)17(22)15(7-10-25-2)20-26(23,24)16-11-13(18)3-4-14(16)19/h3-4,11,15,20H,1,5-10H2,2H3. The van der Waals surface area contributed by atoms with Gasteiger partial charge in [-0.2, -0.15) is 16.5 Å². The van der Waals surface area contributed by atoms with Gasteiger partial charge in [0.25, 0.3) is 0 Å². The van der Waals surface area contributed by atoms with Crippen molar-refractivity contribution in [3.63, 3.8) is 0 Å². The van der Waals surface area contributed by atoms with Crippen LogP contribution in [0, 0.1) is 0 Å². The summed E-state index contributed by atoms with van der Waals surface area (Å²) in [5.41, 5.74) is 1.11. The highest BCUT2D eigenvalue weighted by Crippen LogP contribution is 2.25. The topological polar surface area (TPSA) is 66.5 Å². The van der Waals surface area contributed by atoms with Crippen LogP contribution in [-0.4, -0.2) is 50.4 Å². The zero-order valence-electron chi connectivity index (χ0n) is 14.5. The number of sulfonamides is 1. The van der Waals surface area contributed by atoms with Crippen molar-refractivity contribution < 1.29 is 13.2 Å². The molecule has 0 saturated carbocycles. The molecule has 2 rings (SSSR count). The summed E-state index contributed by atoms with van der Waals surface area (Å²) in [6.45, 7) is 5.06. The molecular formula is C17H22Cl2N2O3S2. The number of hydrogen-bond acceptors (Lipinski definition) is 4. The summed E-state index contributed by atoms with van der Waals surface area (Å²) in [4.78, 5) is 14.4. The number of benzene rings is 1. The maximum atomic E-state index is 12.9. The number of halogens is 2. The second kappa shape index (κ2) is 9.46. The zero-order chi connectivity index (χ0) is 19.3. The van der Waals surface area contributed by atoms with E-state index in [0.29, 0.717) is 25.3 Å². The average molecular weight is 437 g/mol. The Morgan fingerprint density at radius 2 is 2.00 bits per heavy atom. The summed E-state index contributed by atoms with van der Waals surface area (Å²) in [7, 11) is -3.98. The van der Waals surface area contributed by atoms with Gasteiger partial charge < -0.3 is 4.90 Å². The molecule has 0 bridgehead atoms. The van der Waals surface area contributed by atoms with Gasteiger partial charge in [-0.05, 0) is 49.5 Å². The Morgan fingerprint density at radius 3 is 2.62 bits per heavy atom. The molecule has 0 spiro atoms. The lowest BCUT2D eigenvalue weighted by Crippen LogP contribution is -2.50. The van der Waals surface area contributed by atoms with Gasteiger partial charge in [0.1, 0.15) is 10.9 Å². The van der Waals surface area contributed by atoms with Crippen LogP contribution in [0.3, 0.4) is 0 Å². The lowest BCUT2D eigenvalue weighted by atomic mass is 10.0. The first kappa shape index (κ1) is 21.6. The molecule has 0 aliphatic carbocycles. The van der Waals surface area contributed by atoms with E-state index < -0.39 is 16.1 Å². The summed E-state index contributed by atoms with van der Waals surface area (Å²) in [5, 5.41) is 0.323. The second-order valence-corrected chi connectivity index (χ2v) is 9.62. The molecular weight excluding hydrogens is 415 g/mol. The molecule has 26 heavy (non-hydrogen) atoms. The van der Waals surface area contributed by atoms with Gasteiger partial charge in [0.2, 0.25) is 15.9 Å². The quantitative estimate of drug-likeness (QED) is 0.663. The van der Waals surface area contributed by atoms with Crippen molar-refractivity contribution in [1.29, 1.82) is 0 Å². The van der Waals surface area contributed by atoms with Gasteiger partial charge in [0, 0.05) is 18.1 Å². The van der Waals surface area contributed by atoms with Gasteiger partial charge in [-0.3, -0.25) is 4.79 Å². The molecule has 1 N–H and O–H groups in total. The Labute approximate surface area is 169 Å². The van der Waals surface area contributed by atoms with Gasteiger partial charge in [-0.25, -0.2) is 8.42 Å². The molecule has 1 fully saturated rings. The minimum atomic E-state index is -3.98. The minimum absolute atomic E-state index is 0.0623. The molecule has 1 aliphatic rings. The number of rotatable bonds is 7. The fourth-order valence-corrected chi connectivity index (χ4v) is 5.12. The van der Waals surface area contributed by atoms with Crippen molar-refractivity contribution >= 4 is 50.9 Å². The summed E-state index contributed by atoms with van der Waals surface area (Å²) in [6, 6.07) is 3.38. The van der Waals surface area contributed by atoms with Gasteiger partial charge in [-0.15, -0.1) is 0 Å². The van der Waals surface area contributed by atoms with E-state index in [9.17, 15) is 13.2 Å². The predicted molar refractivity (Wildman–Crippen MR) is 109 cm³/mol. The molecule has 1 unspecified atom stereocenters. The third-order valence-corrected chi connectivity index (χ3v) is 7.00. The second-order valence-electron chi connectivity index (χ2n) is 6.11. The molecule has 1 aromatic rings. The number of amides is 1. The molecule has 1 atom stereocenters. The van der Waals surface area contributed by atoms with Crippen molar-refractivity contribution in [2.75, 3.05) is 25.1 Å². The van der Waals surface area contributed by atoms with Crippen LogP contribution in [0.2, 0.25) is 10.0 Å². The van der Waals surface area contributed by atoms with Crippen LogP contribution in [0.5, 0.6) is 0 Å². The number of carbonyl (C=O) groups excluding carboxylic acids is 1. The van der Waals surface area contributed by atoms with Gasteiger partial charge in [-0.1, -0.05) is 35.4 Å². The first-order valence-electron chi connectivity index (χ1n) is 8.16. The number of piperidine rings is 1. The Bertz CT molecular complexity index is 774. The number of hydrogen-bond donors (Lipinski definition) is 1. The van der Waals surface area contributed by atoms with Gasteiger partial charge in [0.05, 0.1) is 5.02 Å². The summed E-state index contributed by atoms with van der Waals surface area (Å²) >= 11 is 13.5. The van der Waals surface area contributed by atoms with Crippen molar-refractivity contribution in [2.45, 2.75) is 30.2 Å². The minimum Gasteiger partial charge on any atom is -0.341 e. The van der Waals surface area contributed by atoms with Crippen molar-refractivity contribution in [3.8, 4) is 0 Å². The largest absolute Gasteiger partial charge is 0.341 e. The highest BCUT2D eigenvalue weighted by molar-refractivity contribution is 7.98. The third kappa shape index (κ3) is 5.63. The van der Waals surface area contributed by atoms with E-state index in [0.717, 1.165) is 18.4 Å². The molecule has 5 nitrogen and oxygen atoms in total. The lowest BCUT2D eigenvalue weighted by Gasteiger charge is -2.31. The maximum absolute atomic E-state index is 12.9. The van der Waals surface area contributed by atoms with E-state index >= 15 is 0 Å². The molecule has 1 amide bonds. The van der Waals surface area contributed by atoms with Crippen LogP contribution in [0.25, 0.3) is 0 Å². The zero-order valence-corrected chi connectivity index (χ0v) is 17.6. The van der Waals surface area contributed by atoms with E-state index in [1.807, 2.05) is 6.26 Å². The summed E-state index contributed by atoms with van der Waals surface area (Å²) in [5.74, 6) is 0.441. The average Bonchev–Trinajstić information content (AvgIpc) is 2.60. The molecule has 1 heterocycles. The fraction of sp³-hybridized carbons (Fsp3) is 0.471. The fourth-order valence-electron chi connectivity index (χ4n) is 2.67. The van der Waals surface area contributed by atoms with Crippen LogP contribution in [0.1, 0.15) is 19.3 Å². The molecule has 0 aromatic heterocycles. The van der Waals surface area contributed by atoms with E-state index in [-0.39, 0.29) is 20.8 Å². The Morgan fingerprint density at radius 1 is 1.35 bits per heavy atom. The van der Waals surface area contributed by atoms with Crippen molar-refractivity contribution in [2.24, 2.45) is 0 Å². The number of carbonyl (C=O) groups is 1. The van der Waals surface area contributed by atoms with Crippen LogP contribution in [0.15, 0.2) is 35.2 Å². The predicted octanol–water partition coefficient (Wildman–Crippen LogP) is 3.57. The SMILES string of the molecule is C=C1CCN(C(=O)C(CCSC)NS(=O)(=O)c2cc(Cl)ccc2Cl)CC1. The summed E-state index contributed by atoms with van der Waals surface area (Å²) < 4.78 is 28.1. The van der Waals surface area contributed by atoms with Gasteiger partial charge in [0.15, 0.2) is 0 Å². The number of nitrogens with zero attached hydrogens (tertiary/aromatic N) is 1. The summed E-state index contributed by atoms with van der Waals surface area (Å²) in [6.07, 6.45) is 3.80. The van der Waals surface area contributed by atoms with E-state index in [4.69, 9.17) is 23.2 Å². The van der Waals surface area contributed by atoms with Crippen LogP contribution < -0.4 is 4.72 Å². The molecule has 1 saturated heterocycles. The Hall–Kier alpha value is -0.730. The molecule has 1 aromatic carbocycles. The maximum Gasteiger partial charge on any atom is 0.242 e. The van der Waals surface area contributed by atoms with Crippen LogP contribution in [0.4, 0.5) is 0 Å². The monoisotopic (exact) mass is 436 g/mol. The number of nitrogens with one attached hydrogen (secondary N) is 1. The normalized spacial score (nSPS) is 16.6. The first-order chi connectivity index (χ1) is 12.2. The lowest BCUT2D eigenvalue weighted by molar-refractivity contribution is -0.133. The Kier molecular flexibility index (Phi) is 7.85. The molecule has 9 heteroatoms. The van der Waals surface area contributed by atoms with Crippen molar-refractivity contribution in [1.82, 2.24) is 9.62 Å². The third-order valence-electron chi connectivity index (χ3n) is 4.17. The number of likely N-dealkylation sites (tertiary alicyclic amines) is 1. The van der Waals surface area contributed by atoms with Crippen molar-refractivity contribution in [3.05, 3.63) is 40.4 Å². The van der Waals surface area contributed by atoms with E-state index in [1.165, 1.54) is 18.2 Å².